The monoisotopic (exact) mass is 278 g/mol. The summed E-state index contributed by atoms with van der Waals surface area (Å²) < 4.78 is 5.18. The lowest BCUT2D eigenvalue weighted by atomic mass is 10.1. The summed E-state index contributed by atoms with van der Waals surface area (Å²) >= 11 is 0. The Labute approximate surface area is 121 Å². The quantitative estimate of drug-likeness (QED) is 0.865. The Hall–Kier alpha value is -1.71. The van der Waals surface area contributed by atoms with Crippen LogP contribution < -0.4 is 10.6 Å². The van der Waals surface area contributed by atoms with E-state index in [4.69, 9.17) is 4.74 Å². The van der Waals surface area contributed by atoms with Gasteiger partial charge in [-0.05, 0) is 58.7 Å². The lowest BCUT2D eigenvalue weighted by molar-refractivity contribution is 0.0528. The molecular formula is C16H26N2O2. The zero-order chi connectivity index (χ0) is 15.2. The second-order valence-corrected chi connectivity index (χ2v) is 6.17. The number of alkyl carbamates (subject to hydrolysis) is 1. The fourth-order valence-corrected chi connectivity index (χ4v) is 1.72. The third kappa shape index (κ3) is 7.02. The van der Waals surface area contributed by atoms with Crippen LogP contribution in [0.3, 0.4) is 0 Å². The first-order valence-electron chi connectivity index (χ1n) is 7.08. The summed E-state index contributed by atoms with van der Waals surface area (Å²) in [5, 5.41) is 6.10. The Balaban J connectivity index is 2.33. The van der Waals surface area contributed by atoms with E-state index in [1.54, 1.807) is 0 Å². The third-order valence-corrected chi connectivity index (χ3v) is 2.49. The van der Waals surface area contributed by atoms with Gasteiger partial charge in [-0.25, -0.2) is 4.79 Å². The van der Waals surface area contributed by atoms with Crippen LogP contribution >= 0.6 is 0 Å². The number of hydrogen-bond donors (Lipinski definition) is 2. The van der Waals surface area contributed by atoms with Crippen LogP contribution in [0.4, 0.5) is 10.5 Å². The Bertz CT molecular complexity index is 419. The van der Waals surface area contributed by atoms with Crippen molar-refractivity contribution in [2.75, 3.05) is 11.9 Å². The van der Waals surface area contributed by atoms with Crippen molar-refractivity contribution in [3.05, 3.63) is 29.8 Å². The molecule has 0 fully saturated rings. The van der Waals surface area contributed by atoms with Gasteiger partial charge in [-0.3, -0.25) is 0 Å². The maximum absolute atomic E-state index is 11.5. The molecule has 0 bridgehead atoms. The number of anilines is 1. The van der Waals surface area contributed by atoms with Gasteiger partial charge in [0.15, 0.2) is 0 Å². The van der Waals surface area contributed by atoms with E-state index in [2.05, 4.69) is 48.7 Å². The minimum Gasteiger partial charge on any atom is -0.444 e. The van der Waals surface area contributed by atoms with E-state index >= 15 is 0 Å². The van der Waals surface area contributed by atoms with E-state index in [0.29, 0.717) is 12.6 Å². The molecule has 1 rings (SSSR count). The Morgan fingerprint density at radius 3 is 2.30 bits per heavy atom. The van der Waals surface area contributed by atoms with Crippen molar-refractivity contribution in [2.45, 2.75) is 52.7 Å². The first-order chi connectivity index (χ1) is 9.26. The molecule has 4 nitrogen and oxygen atoms in total. The minimum atomic E-state index is -0.450. The molecule has 4 heteroatoms. The highest BCUT2D eigenvalue weighted by molar-refractivity contribution is 5.67. The van der Waals surface area contributed by atoms with Gasteiger partial charge >= 0.3 is 6.09 Å². The summed E-state index contributed by atoms with van der Waals surface area (Å²) in [7, 11) is 0. The maximum atomic E-state index is 11.5. The van der Waals surface area contributed by atoms with Gasteiger partial charge in [0, 0.05) is 18.3 Å². The van der Waals surface area contributed by atoms with Gasteiger partial charge in [0.2, 0.25) is 0 Å². The molecule has 0 unspecified atom stereocenters. The number of nitrogens with one attached hydrogen (secondary N) is 2. The highest BCUT2D eigenvalue weighted by Crippen LogP contribution is 2.11. The van der Waals surface area contributed by atoms with E-state index in [-0.39, 0.29) is 6.09 Å². The third-order valence-electron chi connectivity index (χ3n) is 2.49. The molecule has 112 valence electrons. The molecule has 1 aromatic rings. The van der Waals surface area contributed by atoms with Crippen LogP contribution in [0.15, 0.2) is 24.3 Å². The lowest BCUT2D eigenvalue weighted by Gasteiger charge is -2.19. The van der Waals surface area contributed by atoms with Gasteiger partial charge in [0.1, 0.15) is 5.60 Å². The summed E-state index contributed by atoms with van der Waals surface area (Å²) in [5.41, 5.74) is 1.85. The molecule has 0 aliphatic heterocycles. The van der Waals surface area contributed by atoms with Gasteiger partial charge in [0.05, 0.1) is 0 Å². The number of carbonyl (C=O) groups is 1. The fraction of sp³-hybridized carbons (Fsp3) is 0.562. The van der Waals surface area contributed by atoms with Crippen LogP contribution in [0.5, 0.6) is 0 Å². The molecule has 0 atom stereocenters. The molecule has 20 heavy (non-hydrogen) atoms. The summed E-state index contributed by atoms with van der Waals surface area (Å²) in [6.45, 7) is 10.4. The molecule has 0 radical (unpaired) electrons. The van der Waals surface area contributed by atoms with Crippen molar-refractivity contribution in [2.24, 2.45) is 0 Å². The molecular weight excluding hydrogens is 252 g/mol. The topological polar surface area (TPSA) is 50.4 Å². The number of hydrogen-bond acceptors (Lipinski definition) is 3. The van der Waals surface area contributed by atoms with Gasteiger partial charge in [-0.2, -0.15) is 0 Å². The molecule has 0 spiro atoms. The Morgan fingerprint density at radius 1 is 1.20 bits per heavy atom. The number of rotatable bonds is 5. The van der Waals surface area contributed by atoms with Crippen molar-refractivity contribution in [1.82, 2.24) is 5.32 Å². The van der Waals surface area contributed by atoms with E-state index in [9.17, 15) is 4.79 Å². The first-order valence-corrected chi connectivity index (χ1v) is 7.08. The van der Waals surface area contributed by atoms with E-state index < -0.39 is 5.60 Å². The van der Waals surface area contributed by atoms with Gasteiger partial charge in [0.25, 0.3) is 0 Å². The summed E-state index contributed by atoms with van der Waals surface area (Å²) in [5.74, 6) is 0. The highest BCUT2D eigenvalue weighted by atomic mass is 16.6. The molecule has 1 aromatic carbocycles. The normalized spacial score (nSPS) is 11.3. The van der Waals surface area contributed by atoms with Crippen molar-refractivity contribution in [3.63, 3.8) is 0 Å². The molecule has 0 aliphatic rings. The summed E-state index contributed by atoms with van der Waals surface area (Å²) in [6, 6.07) is 8.68. The molecule has 2 N–H and O–H groups in total. The summed E-state index contributed by atoms with van der Waals surface area (Å²) in [4.78, 5) is 11.5. The molecule has 0 saturated carbocycles. The van der Waals surface area contributed by atoms with E-state index in [1.807, 2.05) is 20.8 Å². The van der Waals surface area contributed by atoms with Crippen LogP contribution in [0.2, 0.25) is 0 Å². The van der Waals surface area contributed by atoms with Crippen molar-refractivity contribution >= 4 is 11.8 Å². The van der Waals surface area contributed by atoms with Crippen molar-refractivity contribution < 1.29 is 9.53 Å². The molecule has 0 aromatic heterocycles. The number of amides is 1. The zero-order valence-electron chi connectivity index (χ0n) is 13.1. The van der Waals surface area contributed by atoms with Crippen LogP contribution in [-0.4, -0.2) is 24.3 Å². The fourth-order valence-electron chi connectivity index (χ4n) is 1.72. The van der Waals surface area contributed by atoms with Crippen molar-refractivity contribution in [1.29, 1.82) is 0 Å². The minimum absolute atomic E-state index is 0.365. The second-order valence-electron chi connectivity index (χ2n) is 6.17. The highest BCUT2D eigenvalue weighted by Gasteiger charge is 2.15. The zero-order valence-corrected chi connectivity index (χ0v) is 13.1. The summed E-state index contributed by atoms with van der Waals surface area (Å²) in [6.07, 6.45) is 0.428. The number of ether oxygens (including phenoxy) is 1. The van der Waals surface area contributed by atoms with E-state index in [1.165, 1.54) is 5.56 Å². The molecule has 0 aliphatic carbocycles. The predicted octanol–water partition coefficient (Wildman–Crippen LogP) is 3.57. The molecule has 0 heterocycles. The van der Waals surface area contributed by atoms with Crippen LogP contribution in [0.1, 0.15) is 40.2 Å². The predicted molar refractivity (Wildman–Crippen MR) is 83.1 cm³/mol. The van der Waals surface area contributed by atoms with E-state index in [0.717, 1.165) is 12.1 Å². The van der Waals surface area contributed by atoms with Crippen LogP contribution in [-0.2, 0) is 11.2 Å². The van der Waals surface area contributed by atoms with Gasteiger partial charge < -0.3 is 15.4 Å². The SMILES string of the molecule is CC(C)Nc1ccc(CCNC(=O)OC(C)(C)C)cc1. The smallest absolute Gasteiger partial charge is 0.407 e. The molecule has 1 amide bonds. The molecule has 0 saturated heterocycles. The first kappa shape index (κ1) is 16.3. The van der Waals surface area contributed by atoms with Crippen LogP contribution in [0, 0.1) is 0 Å². The maximum Gasteiger partial charge on any atom is 0.407 e. The van der Waals surface area contributed by atoms with Crippen LogP contribution in [0.25, 0.3) is 0 Å². The standard InChI is InChI=1S/C16H26N2O2/c1-12(2)18-14-8-6-13(7-9-14)10-11-17-15(19)20-16(3,4)5/h6-9,12,18H,10-11H2,1-5H3,(H,17,19). The average Bonchev–Trinajstić information content (AvgIpc) is 2.28. The number of carbonyl (C=O) groups excluding carboxylic acids is 1. The van der Waals surface area contributed by atoms with Crippen molar-refractivity contribution in [3.8, 4) is 0 Å². The second kappa shape index (κ2) is 7.17. The number of benzene rings is 1. The lowest BCUT2D eigenvalue weighted by Crippen LogP contribution is -2.33. The van der Waals surface area contributed by atoms with Gasteiger partial charge in [-0.1, -0.05) is 12.1 Å². The van der Waals surface area contributed by atoms with Gasteiger partial charge in [-0.15, -0.1) is 0 Å². The Morgan fingerprint density at radius 2 is 1.80 bits per heavy atom. The average molecular weight is 278 g/mol. The Kier molecular flexibility index (Phi) is 5.86. The largest absolute Gasteiger partial charge is 0.444 e.